The van der Waals surface area contributed by atoms with Crippen molar-refractivity contribution in [1.29, 1.82) is 0 Å². The van der Waals surface area contributed by atoms with E-state index in [9.17, 15) is 4.79 Å². The third kappa shape index (κ3) is 4.37. The molecular formula is C21H24N8O2. The molecule has 0 atom stereocenters. The van der Waals surface area contributed by atoms with Crippen LogP contribution in [0.25, 0.3) is 22.7 Å². The summed E-state index contributed by atoms with van der Waals surface area (Å²) in [4.78, 5) is 20.8. The number of H-pyrrole nitrogens is 1. The molecule has 4 aromatic heterocycles. The van der Waals surface area contributed by atoms with Gasteiger partial charge in [-0.25, -0.2) is 0 Å². The molecule has 0 aliphatic heterocycles. The molecule has 4 rings (SSSR count). The van der Waals surface area contributed by atoms with Gasteiger partial charge in [0.15, 0.2) is 5.82 Å². The van der Waals surface area contributed by atoms with Gasteiger partial charge in [-0.3, -0.25) is 19.6 Å². The molecule has 0 saturated heterocycles. The zero-order valence-electron chi connectivity index (χ0n) is 17.7. The Kier molecular flexibility index (Phi) is 5.87. The Morgan fingerprint density at radius 3 is 2.84 bits per heavy atom. The first-order chi connectivity index (χ1) is 15.1. The van der Waals surface area contributed by atoms with Crippen molar-refractivity contribution in [1.82, 2.24) is 40.4 Å². The van der Waals surface area contributed by atoms with Gasteiger partial charge in [-0.05, 0) is 38.5 Å². The first kappa shape index (κ1) is 20.5. The van der Waals surface area contributed by atoms with E-state index in [2.05, 4.69) is 42.7 Å². The highest BCUT2D eigenvalue weighted by atomic mass is 16.5. The second-order valence-corrected chi connectivity index (χ2v) is 7.19. The minimum atomic E-state index is -0.243. The molecule has 0 aliphatic rings. The molecule has 0 unspecified atom stereocenters. The number of amides is 1. The third-order valence-corrected chi connectivity index (χ3v) is 4.93. The lowest BCUT2D eigenvalue weighted by molar-refractivity contribution is 0.0949. The summed E-state index contributed by atoms with van der Waals surface area (Å²) in [6, 6.07) is 5.34. The van der Waals surface area contributed by atoms with Crippen LogP contribution in [0.5, 0.6) is 0 Å². The number of aromatic nitrogens is 7. The van der Waals surface area contributed by atoms with Crippen molar-refractivity contribution in [2.24, 2.45) is 0 Å². The molecule has 31 heavy (non-hydrogen) atoms. The smallest absolute Gasteiger partial charge is 0.269 e. The number of nitrogens with one attached hydrogen (secondary N) is 2. The standard InChI is InChI=1S/C21H24N8O2/c1-4-11-29-14(3)19(13(2)27-29)16-12-17(26-25-16)20(30)23-10-7-18-24-21(31-28-18)15-5-8-22-9-6-15/h5-6,8-9,12H,4,7,10-11H2,1-3H3,(H,23,30)(H,25,26). The van der Waals surface area contributed by atoms with E-state index in [1.54, 1.807) is 30.6 Å². The van der Waals surface area contributed by atoms with E-state index >= 15 is 0 Å². The average Bonchev–Trinajstić information content (AvgIpc) is 3.49. The van der Waals surface area contributed by atoms with Crippen LogP contribution in [0.3, 0.4) is 0 Å². The topological polar surface area (TPSA) is 127 Å². The first-order valence-electron chi connectivity index (χ1n) is 10.2. The zero-order valence-corrected chi connectivity index (χ0v) is 17.7. The Balaban J connectivity index is 1.36. The minimum absolute atomic E-state index is 0.243. The summed E-state index contributed by atoms with van der Waals surface area (Å²) in [6.07, 6.45) is 4.77. The summed E-state index contributed by atoms with van der Waals surface area (Å²) in [5.74, 6) is 0.705. The largest absolute Gasteiger partial charge is 0.350 e. The average molecular weight is 420 g/mol. The predicted molar refractivity (Wildman–Crippen MR) is 113 cm³/mol. The van der Waals surface area contributed by atoms with Gasteiger partial charge in [0.05, 0.1) is 11.4 Å². The van der Waals surface area contributed by atoms with Crippen molar-refractivity contribution in [2.75, 3.05) is 6.54 Å². The maximum atomic E-state index is 12.5. The van der Waals surface area contributed by atoms with Gasteiger partial charge in [0.1, 0.15) is 5.69 Å². The predicted octanol–water partition coefficient (Wildman–Crippen LogP) is 2.72. The molecule has 0 aromatic carbocycles. The van der Waals surface area contributed by atoms with Crippen molar-refractivity contribution in [3.05, 3.63) is 53.5 Å². The number of hydrogen-bond acceptors (Lipinski definition) is 7. The number of rotatable bonds is 8. The summed E-state index contributed by atoms with van der Waals surface area (Å²) in [5.41, 5.74) is 4.80. The second kappa shape index (κ2) is 8.90. The number of carbonyl (C=O) groups excluding carboxylic acids is 1. The van der Waals surface area contributed by atoms with E-state index in [1.165, 1.54) is 0 Å². The Morgan fingerprint density at radius 2 is 2.06 bits per heavy atom. The highest BCUT2D eigenvalue weighted by molar-refractivity contribution is 5.93. The summed E-state index contributed by atoms with van der Waals surface area (Å²) >= 11 is 0. The van der Waals surface area contributed by atoms with E-state index in [1.807, 2.05) is 18.5 Å². The monoisotopic (exact) mass is 420 g/mol. The number of aryl methyl sites for hydroxylation is 2. The number of carbonyl (C=O) groups is 1. The normalized spacial score (nSPS) is 11.1. The minimum Gasteiger partial charge on any atom is -0.350 e. The lowest BCUT2D eigenvalue weighted by Crippen LogP contribution is -2.26. The number of hydrogen-bond donors (Lipinski definition) is 2. The molecule has 0 radical (unpaired) electrons. The van der Waals surface area contributed by atoms with Gasteiger partial charge < -0.3 is 9.84 Å². The van der Waals surface area contributed by atoms with Gasteiger partial charge in [-0.1, -0.05) is 12.1 Å². The molecule has 0 spiro atoms. The van der Waals surface area contributed by atoms with Crippen molar-refractivity contribution in [2.45, 2.75) is 40.2 Å². The number of pyridine rings is 1. The van der Waals surface area contributed by atoms with Crippen molar-refractivity contribution < 1.29 is 9.32 Å². The van der Waals surface area contributed by atoms with Crippen LogP contribution in [0.2, 0.25) is 0 Å². The quantitative estimate of drug-likeness (QED) is 0.448. The van der Waals surface area contributed by atoms with E-state index in [4.69, 9.17) is 4.52 Å². The van der Waals surface area contributed by atoms with Crippen LogP contribution in [0, 0.1) is 13.8 Å². The van der Waals surface area contributed by atoms with Crippen LogP contribution in [0.4, 0.5) is 0 Å². The SMILES string of the molecule is CCCn1nc(C)c(-c2cc(C(=O)NCCc3noc(-c4ccncc4)n3)[nH]n2)c1C. The molecule has 0 fully saturated rings. The maximum absolute atomic E-state index is 12.5. The fourth-order valence-corrected chi connectivity index (χ4v) is 3.41. The lowest BCUT2D eigenvalue weighted by Gasteiger charge is -2.01. The Morgan fingerprint density at radius 1 is 1.26 bits per heavy atom. The maximum Gasteiger partial charge on any atom is 0.269 e. The zero-order chi connectivity index (χ0) is 21.8. The molecule has 2 N–H and O–H groups in total. The van der Waals surface area contributed by atoms with Crippen molar-refractivity contribution >= 4 is 5.91 Å². The van der Waals surface area contributed by atoms with Gasteiger partial charge in [0.2, 0.25) is 0 Å². The molecule has 0 saturated carbocycles. The Hall–Kier alpha value is -3.82. The Labute approximate surface area is 179 Å². The molecule has 160 valence electrons. The van der Waals surface area contributed by atoms with Crippen LogP contribution in [0.1, 0.15) is 41.0 Å². The van der Waals surface area contributed by atoms with Crippen molar-refractivity contribution in [3.8, 4) is 22.7 Å². The van der Waals surface area contributed by atoms with E-state index in [0.717, 1.165) is 35.5 Å². The fourth-order valence-electron chi connectivity index (χ4n) is 3.41. The van der Waals surface area contributed by atoms with Gasteiger partial charge in [-0.15, -0.1) is 0 Å². The first-order valence-corrected chi connectivity index (χ1v) is 10.2. The molecule has 10 heteroatoms. The van der Waals surface area contributed by atoms with Crippen molar-refractivity contribution in [3.63, 3.8) is 0 Å². The van der Waals surface area contributed by atoms with Crippen LogP contribution >= 0.6 is 0 Å². The van der Waals surface area contributed by atoms with Crippen LogP contribution in [-0.2, 0) is 13.0 Å². The highest BCUT2D eigenvalue weighted by Crippen LogP contribution is 2.26. The third-order valence-electron chi connectivity index (χ3n) is 4.93. The molecule has 4 heterocycles. The van der Waals surface area contributed by atoms with Crippen LogP contribution in [-0.4, -0.2) is 47.6 Å². The van der Waals surface area contributed by atoms with Gasteiger partial charge in [0, 0.05) is 48.7 Å². The van der Waals surface area contributed by atoms with E-state index < -0.39 is 0 Å². The molecular weight excluding hydrogens is 396 g/mol. The van der Waals surface area contributed by atoms with Gasteiger partial charge >= 0.3 is 0 Å². The summed E-state index contributed by atoms with van der Waals surface area (Å²) < 4.78 is 7.24. The molecule has 4 aromatic rings. The summed E-state index contributed by atoms with van der Waals surface area (Å²) in [7, 11) is 0. The molecule has 0 bridgehead atoms. The van der Waals surface area contributed by atoms with Crippen LogP contribution < -0.4 is 5.32 Å². The van der Waals surface area contributed by atoms with Crippen LogP contribution in [0.15, 0.2) is 35.1 Å². The summed E-state index contributed by atoms with van der Waals surface area (Å²) in [6.45, 7) is 7.30. The summed E-state index contributed by atoms with van der Waals surface area (Å²) in [5, 5.41) is 18.5. The second-order valence-electron chi connectivity index (χ2n) is 7.19. The van der Waals surface area contributed by atoms with E-state index in [0.29, 0.717) is 36.1 Å². The fraction of sp³-hybridized carbons (Fsp3) is 0.333. The van der Waals surface area contributed by atoms with Gasteiger partial charge in [0.25, 0.3) is 11.8 Å². The molecule has 10 nitrogen and oxygen atoms in total. The number of aromatic amines is 1. The van der Waals surface area contributed by atoms with Gasteiger partial charge in [-0.2, -0.15) is 15.2 Å². The molecule has 1 amide bonds. The lowest BCUT2D eigenvalue weighted by atomic mass is 10.1. The molecule has 0 aliphatic carbocycles. The highest BCUT2D eigenvalue weighted by Gasteiger charge is 2.18. The number of nitrogens with zero attached hydrogens (tertiary/aromatic N) is 6. The Bertz CT molecular complexity index is 1180. The van der Waals surface area contributed by atoms with E-state index in [-0.39, 0.29) is 5.91 Å².